The third kappa shape index (κ3) is 6.06. The fourth-order valence-electron chi connectivity index (χ4n) is 4.65. The zero-order valence-electron chi connectivity index (χ0n) is 21.8. The van der Waals surface area contributed by atoms with E-state index in [1.165, 1.54) is 9.48 Å². The summed E-state index contributed by atoms with van der Waals surface area (Å²) in [5.41, 5.74) is 11.1. The molecule has 208 valence electrons. The minimum atomic E-state index is -5.22. The molecule has 7 nitrogen and oxygen atoms in total. The summed E-state index contributed by atoms with van der Waals surface area (Å²) in [6.07, 6.45) is -4.96. The predicted octanol–water partition coefficient (Wildman–Crippen LogP) is 2.30. The van der Waals surface area contributed by atoms with Crippen LogP contribution in [0, 0.1) is 0 Å². The van der Waals surface area contributed by atoms with E-state index in [0.717, 1.165) is 0 Å². The normalized spacial score (nSPS) is 12.6. The van der Waals surface area contributed by atoms with Crippen molar-refractivity contribution in [2.45, 2.75) is 12.6 Å². The van der Waals surface area contributed by atoms with Crippen LogP contribution in [0.1, 0.15) is 6.42 Å². The van der Waals surface area contributed by atoms with Crippen molar-refractivity contribution in [2.24, 2.45) is 11.5 Å². The van der Waals surface area contributed by atoms with Gasteiger partial charge < -0.3 is 0 Å². The van der Waals surface area contributed by atoms with Crippen molar-refractivity contribution in [1.82, 2.24) is 4.90 Å². The SMILES string of the molecule is CN(CCCP(OC(=O)C(F)(F)F)(c1ccccc1)(c1ccccc1)c1ccccc1)C(=O)C[N+](C)=C(N)N. The molecule has 11 heteroatoms. The number of nitrogens with two attached hydrogens (primary N) is 2. The van der Waals surface area contributed by atoms with Gasteiger partial charge in [-0.2, -0.15) is 0 Å². The Morgan fingerprint density at radius 3 is 1.62 bits per heavy atom. The molecule has 0 aliphatic carbocycles. The molecule has 0 spiro atoms. The summed E-state index contributed by atoms with van der Waals surface area (Å²) in [6, 6.07) is 25.7. The number of alkyl halides is 3. The van der Waals surface area contributed by atoms with Crippen LogP contribution in [0.3, 0.4) is 0 Å². The Bertz CT molecular complexity index is 1220. The van der Waals surface area contributed by atoms with Gasteiger partial charge in [0.05, 0.1) is 0 Å². The second kappa shape index (κ2) is 11.9. The van der Waals surface area contributed by atoms with Crippen LogP contribution in [0.25, 0.3) is 0 Å². The number of nitrogens with zero attached hydrogens (tertiary/aromatic N) is 2. The van der Waals surface area contributed by atoms with Crippen molar-refractivity contribution in [2.75, 3.05) is 33.3 Å². The topological polar surface area (TPSA) is 102 Å². The molecule has 0 saturated heterocycles. The van der Waals surface area contributed by atoms with Crippen LogP contribution in [0.15, 0.2) is 91.0 Å². The number of halogens is 3. The van der Waals surface area contributed by atoms with Crippen molar-refractivity contribution in [3.8, 4) is 0 Å². The molecule has 1 amide bonds. The first-order valence-electron chi connectivity index (χ1n) is 12.2. The van der Waals surface area contributed by atoms with Crippen molar-refractivity contribution in [1.29, 1.82) is 0 Å². The van der Waals surface area contributed by atoms with E-state index in [1.807, 2.05) is 0 Å². The van der Waals surface area contributed by atoms with Crippen LogP contribution in [0.2, 0.25) is 0 Å². The maximum absolute atomic E-state index is 13.9. The average Bonchev–Trinajstić information content (AvgIpc) is 2.93. The van der Waals surface area contributed by atoms with Gasteiger partial charge in [0.25, 0.3) is 0 Å². The monoisotopic (exact) mass is 561 g/mol. The third-order valence-corrected chi connectivity index (χ3v) is 12.7. The molecule has 0 aromatic heterocycles. The predicted molar refractivity (Wildman–Crippen MR) is 149 cm³/mol. The minimum absolute atomic E-state index is 0.0158. The number of carbonyl (C=O) groups is 2. The van der Waals surface area contributed by atoms with Gasteiger partial charge in [-0.05, 0) is 0 Å². The molecule has 0 aliphatic heterocycles. The van der Waals surface area contributed by atoms with E-state index >= 15 is 0 Å². The van der Waals surface area contributed by atoms with Gasteiger partial charge in [0.1, 0.15) is 0 Å². The molecule has 0 bridgehead atoms. The first-order valence-corrected chi connectivity index (χ1v) is 14.6. The van der Waals surface area contributed by atoms with E-state index in [-0.39, 0.29) is 37.5 Å². The van der Waals surface area contributed by atoms with Gasteiger partial charge >= 0.3 is 226 Å². The number of benzene rings is 3. The Labute approximate surface area is 225 Å². The number of hydrogen-bond acceptors (Lipinski definition) is 3. The summed E-state index contributed by atoms with van der Waals surface area (Å²) in [6.45, 7) is -4.47. The summed E-state index contributed by atoms with van der Waals surface area (Å²) in [5.74, 6) is -2.56. The van der Waals surface area contributed by atoms with Gasteiger partial charge in [-0.1, -0.05) is 0 Å². The summed E-state index contributed by atoms with van der Waals surface area (Å²) >= 11 is 0. The molecule has 3 aromatic carbocycles. The standard InChI is InChI=1S/C28H32F3N4O3P/c1-34(25(36)21-35(2)27(32)33)19-12-20-39(22-13-6-3-7-14-22,23-15-8-4-9-16-23,24-17-10-5-11-18-24)38-26(37)28(29,30)31/h3-11,13-18H,12,19-21H2,1-2H3,(H3,32,33)/p+1. The fraction of sp³-hybridized carbons (Fsp3) is 0.250. The van der Waals surface area contributed by atoms with Crippen LogP contribution >= 0.6 is 6.83 Å². The van der Waals surface area contributed by atoms with Gasteiger partial charge in [-0.25, -0.2) is 0 Å². The number of likely N-dealkylation sites (N-methyl/N-ethyl adjacent to an activating group) is 2. The summed E-state index contributed by atoms with van der Waals surface area (Å²) in [5, 5.41) is 1.41. The second-order valence-corrected chi connectivity index (χ2v) is 13.9. The Morgan fingerprint density at radius 1 is 0.846 bits per heavy atom. The first-order chi connectivity index (χ1) is 18.4. The Hall–Kier alpha value is -3.91. The zero-order valence-corrected chi connectivity index (χ0v) is 22.7. The summed E-state index contributed by atoms with van der Waals surface area (Å²) in [4.78, 5) is 27.0. The van der Waals surface area contributed by atoms with Crippen LogP contribution in [-0.4, -0.2) is 66.8 Å². The van der Waals surface area contributed by atoms with Gasteiger partial charge in [0.15, 0.2) is 0 Å². The van der Waals surface area contributed by atoms with Crippen molar-refractivity contribution in [3.63, 3.8) is 0 Å². The molecule has 3 aromatic rings. The summed E-state index contributed by atoms with van der Waals surface area (Å²) < 4.78 is 49.0. The fourth-order valence-corrected chi connectivity index (χ4v) is 10.4. The molecular weight excluding hydrogens is 528 g/mol. The van der Waals surface area contributed by atoms with Gasteiger partial charge in [-0.15, -0.1) is 0 Å². The van der Waals surface area contributed by atoms with Crippen molar-refractivity contribution < 1.29 is 31.9 Å². The van der Waals surface area contributed by atoms with Gasteiger partial charge in [-0.3, -0.25) is 0 Å². The molecule has 39 heavy (non-hydrogen) atoms. The van der Waals surface area contributed by atoms with Crippen molar-refractivity contribution in [3.05, 3.63) is 91.0 Å². The Kier molecular flexibility index (Phi) is 9.02. The summed E-state index contributed by atoms with van der Waals surface area (Å²) in [7, 11) is 3.16. The van der Waals surface area contributed by atoms with E-state index in [4.69, 9.17) is 16.0 Å². The number of rotatable bonds is 10. The zero-order chi connectivity index (χ0) is 28.7. The van der Waals surface area contributed by atoms with Crippen LogP contribution in [-0.2, 0) is 14.1 Å². The van der Waals surface area contributed by atoms with E-state index in [0.29, 0.717) is 15.9 Å². The molecule has 0 atom stereocenters. The second-order valence-electron chi connectivity index (χ2n) is 9.27. The molecule has 0 radical (unpaired) electrons. The number of guanidine groups is 1. The Morgan fingerprint density at radius 2 is 1.26 bits per heavy atom. The van der Waals surface area contributed by atoms with E-state index in [9.17, 15) is 22.8 Å². The quantitative estimate of drug-likeness (QED) is 0.171. The van der Waals surface area contributed by atoms with Crippen LogP contribution in [0.5, 0.6) is 0 Å². The van der Waals surface area contributed by atoms with Crippen molar-refractivity contribution >= 4 is 40.6 Å². The number of carbonyl (C=O) groups excluding carboxylic acids is 2. The molecular formula is C28H33F3N4O3P+. The number of amides is 1. The van der Waals surface area contributed by atoms with Crippen LogP contribution in [0.4, 0.5) is 13.2 Å². The molecule has 4 N–H and O–H groups in total. The number of hydrogen-bond donors (Lipinski definition) is 2. The van der Waals surface area contributed by atoms with Gasteiger partial charge in [0, 0.05) is 0 Å². The molecule has 0 fully saturated rings. The molecule has 0 saturated carbocycles. The molecule has 0 heterocycles. The molecule has 0 unspecified atom stereocenters. The molecule has 0 aliphatic rings. The average molecular weight is 562 g/mol. The van der Waals surface area contributed by atoms with E-state index < -0.39 is 19.0 Å². The maximum atomic E-state index is 13.9. The first kappa shape index (κ1) is 29.6. The molecule has 3 rings (SSSR count). The van der Waals surface area contributed by atoms with Crippen LogP contribution < -0.4 is 27.4 Å². The van der Waals surface area contributed by atoms with E-state index in [2.05, 4.69) is 0 Å². The third-order valence-electron chi connectivity index (χ3n) is 6.74. The van der Waals surface area contributed by atoms with Gasteiger partial charge in [0.2, 0.25) is 0 Å². The van der Waals surface area contributed by atoms with E-state index in [1.54, 1.807) is 105 Å². The Balaban J connectivity index is 2.23.